The van der Waals surface area contributed by atoms with Crippen LogP contribution in [0, 0.1) is 0 Å². The van der Waals surface area contributed by atoms with E-state index in [2.05, 4.69) is 11.8 Å². The highest BCUT2D eigenvalue weighted by atomic mass is 16.5. The molecule has 1 aliphatic carbocycles. The van der Waals surface area contributed by atoms with E-state index in [0.717, 1.165) is 32.7 Å². The van der Waals surface area contributed by atoms with Crippen molar-refractivity contribution in [2.24, 2.45) is 5.73 Å². The molecule has 1 aliphatic heterocycles. The SMILES string of the molecule is CCOC1CCCN(C2(CN)CCCC(OC)C2)C1. The molecule has 3 unspecified atom stereocenters. The Balaban J connectivity index is 2.02. The third kappa shape index (κ3) is 3.48. The van der Waals surface area contributed by atoms with E-state index in [4.69, 9.17) is 15.2 Å². The monoisotopic (exact) mass is 270 g/mol. The van der Waals surface area contributed by atoms with Crippen molar-refractivity contribution in [2.75, 3.05) is 33.4 Å². The molecule has 0 bridgehead atoms. The Bertz CT molecular complexity index is 273. The molecule has 1 saturated heterocycles. The average molecular weight is 270 g/mol. The van der Waals surface area contributed by atoms with E-state index >= 15 is 0 Å². The lowest BCUT2D eigenvalue weighted by Crippen LogP contribution is -2.60. The van der Waals surface area contributed by atoms with E-state index in [-0.39, 0.29) is 5.54 Å². The fourth-order valence-corrected chi connectivity index (χ4v) is 3.83. The van der Waals surface area contributed by atoms with Gasteiger partial charge >= 0.3 is 0 Å². The molecule has 4 heteroatoms. The third-order valence-electron chi connectivity index (χ3n) is 4.94. The molecule has 3 atom stereocenters. The zero-order valence-electron chi connectivity index (χ0n) is 12.6. The first kappa shape index (κ1) is 15.2. The van der Waals surface area contributed by atoms with Crippen LogP contribution in [0.5, 0.6) is 0 Å². The minimum absolute atomic E-state index is 0.148. The Hall–Kier alpha value is -0.160. The molecule has 112 valence electrons. The van der Waals surface area contributed by atoms with Crippen molar-refractivity contribution in [1.82, 2.24) is 4.90 Å². The van der Waals surface area contributed by atoms with Gasteiger partial charge in [-0.15, -0.1) is 0 Å². The van der Waals surface area contributed by atoms with Crippen molar-refractivity contribution >= 4 is 0 Å². The highest BCUT2D eigenvalue weighted by molar-refractivity contribution is 4.99. The van der Waals surface area contributed by atoms with Gasteiger partial charge in [-0.2, -0.15) is 0 Å². The topological polar surface area (TPSA) is 47.7 Å². The molecule has 2 rings (SSSR count). The Morgan fingerprint density at radius 1 is 1.26 bits per heavy atom. The fraction of sp³-hybridized carbons (Fsp3) is 1.00. The zero-order chi connectivity index (χ0) is 13.7. The molecule has 0 aromatic rings. The summed E-state index contributed by atoms with van der Waals surface area (Å²) in [5, 5.41) is 0. The van der Waals surface area contributed by atoms with Gasteiger partial charge < -0.3 is 15.2 Å². The maximum atomic E-state index is 6.17. The van der Waals surface area contributed by atoms with Crippen molar-refractivity contribution in [3.63, 3.8) is 0 Å². The molecule has 0 amide bonds. The Morgan fingerprint density at radius 3 is 2.74 bits per heavy atom. The summed E-state index contributed by atoms with van der Waals surface area (Å²) in [5.74, 6) is 0. The van der Waals surface area contributed by atoms with Gasteiger partial charge in [-0.3, -0.25) is 4.90 Å². The van der Waals surface area contributed by atoms with Crippen molar-refractivity contribution in [2.45, 2.75) is 63.2 Å². The van der Waals surface area contributed by atoms with Crippen LogP contribution in [0.4, 0.5) is 0 Å². The third-order valence-corrected chi connectivity index (χ3v) is 4.94. The van der Waals surface area contributed by atoms with Gasteiger partial charge in [0.2, 0.25) is 0 Å². The molecule has 2 aliphatic rings. The van der Waals surface area contributed by atoms with Crippen LogP contribution in [-0.4, -0.2) is 56.0 Å². The van der Waals surface area contributed by atoms with E-state index in [0.29, 0.717) is 12.2 Å². The highest BCUT2D eigenvalue weighted by Crippen LogP contribution is 2.36. The van der Waals surface area contributed by atoms with Crippen LogP contribution in [0.2, 0.25) is 0 Å². The standard InChI is InChI=1S/C15H30N2O2/c1-3-19-14-7-5-9-17(11-14)15(12-16)8-4-6-13(10-15)18-2/h13-14H,3-12,16H2,1-2H3. The molecule has 2 fully saturated rings. The smallest absolute Gasteiger partial charge is 0.0702 e. The van der Waals surface area contributed by atoms with E-state index in [1.807, 2.05) is 7.11 Å². The van der Waals surface area contributed by atoms with Gasteiger partial charge in [0, 0.05) is 32.3 Å². The van der Waals surface area contributed by atoms with E-state index in [1.165, 1.54) is 32.1 Å². The summed E-state index contributed by atoms with van der Waals surface area (Å²) in [4.78, 5) is 2.60. The van der Waals surface area contributed by atoms with Crippen LogP contribution in [0.15, 0.2) is 0 Å². The van der Waals surface area contributed by atoms with Gasteiger partial charge in [0.25, 0.3) is 0 Å². The summed E-state index contributed by atoms with van der Waals surface area (Å²) in [6, 6.07) is 0. The fourth-order valence-electron chi connectivity index (χ4n) is 3.83. The van der Waals surface area contributed by atoms with Crippen molar-refractivity contribution in [3.8, 4) is 0 Å². The minimum Gasteiger partial charge on any atom is -0.381 e. The Kier molecular flexibility index (Phi) is 5.63. The summed E-state index contributed by atoms with van der Waals surface area (Å²) >= 11 is 0. The predicted octanol–water partition coefficient (Wildman–Crippen LogP) is 1.77. The lowest BCUT2D eigenvalue weighted by Gasteiger charge is -2.50. The van der Waals surface area contributed by atoms with Crippen LogP contribution in [0.25, 0.3) is 0 Å². The predicted molar refractivity (Wildman–Crippen MR) is 77.3 cm³/mol. The molecule has 0 aromatic carbocycles. The van der Waals surface area contributed by atoms with Crippen LogP contribution < -0.4 is 5.73 Å². The number of methoxy groups -OCH3 is 1. The molecule has 0 aromatic heterocycles. The largest absolute Gasteiger partial charge is 0.381 e. The molecular weight excluding hydrogens is 240 g/mol. The van der Waals surface area contributed by atoms with Gasteiger partial charge in [0.05, 0.1) is 12.2 Å². The molecule has 4 nitrogen and oxygen atoms in total. The van der Waals surface area contributed by atoms with Crippen LogP contribution in [-0.2, 0) is 9.47 Å². The Morgan fingerprint density at radius 2 is 2.05 bits per heavy atom. The molecule has 1 heterocycles. The molecular formula is C15H30N2O2. The quantitative estimate of drug-likeness (QED) is 0.827. The normalized spacial score (nSPS) is 37.4. The lowest BCUT2D eigenvalue weighted by molar-refractivity contribution is -0.0678. The summed E-state index contributed by atoms with van der Waals surface area (Å²) in [5.41, 5.74) is 6.31. The lowest BCUT2D eigenvalue weighted by atomic mass is 9.77. The summed E-state index contributed by atoms with van der Waals surface area (Å²) < 4.78 is 11.4. The van der Waals surface area contributed by atoms with Gasteiger partial charge in [-0.05, 0) is 52.0 Å². The maximum absolute atomic E-state index is 6.17. The van der Waals surface area contributed by atoms with Crippen molar-refractivity contribution in [3.05, 3.63) is 0 Å². The minimum atomic E-state index is 0.148. The van der Waals surface area contributed by atoms with Gasteiger partial charge in [-0.25, -0.2) is 0 Å². The van der Waals surface area contributed by atoms with Crippen LogP contribution in [0.1, 0.15) is 45.4 Å². The first-order valence-corrected chi connectivity index (χ1v) is 7.83. The number of likely N-dealkylation sites (tertiary alicyclic amines) is 1. The zero-order valence-corrected chi connectivity index (χ0v) is 12.6. The van der Waals surface area contributed by atoms with Gasteiger partial charge in [0.15, 0.2) is 0 Å². The molecule has 19 heavy (non-hydrogen) atoms. The number of piperidine rings is 1. The summed E-state index contributed by atoms with van der Waals surface area (Å²) in [6.07, 6.45) is 7.89. The number of rotatable bonds is 5. The van der Waals surface area contributed by atoms with Crippen molar-refractivity contribution < 1.29 is 9.47 Å². The van der Waals surface area contributed by atoms with Crippen molar-refractivity contribution in [1.29, 1.82) is 0 Å². The van der Waals surface area contributed by atoms with Gasteiger partial charge in [-0.1, -0.05) is 0 Å². The summed E-state index contributed by atoms with van der Waals surface area (Å²) in [7, 11) is 1.83. The molecule has 2 N–H and O–H groups in total. The van der Waals surface area contributed by atoms with E-state index < -0.39 is 0 Å². The van der Waals surface area contributed by atoms with Crippen LogP contribution >= 0.6 is 0 Å². The number of hydrogen-bond acceptors (Lipinski definition) is 4. The average Bonchev–Trinajstić information content (AvgIpc) is 2.48. The molecule has 1 saturated carbocycles. The Labute approximate surface area is 117 Å². The first-order valence-electron chi connectivity index (χ1n) is 7.83. The van der Waals surface area contributed by atoms with Gasteiger partial charge in [0.1, 0.15) is 0 Å². The van der Waals surface area contributed by atoms with E-state index in [9.17, 15) is 0 Å². The van der Waals surface area contributed by atoms with E-state index in [1.54, 1.807) is 0 Å². The molecule has 0 radical (unpaired) electrons. The van der Waals surface area contributed by atoms with Crippen LogP contribution in [0.3, 0.4) is 0 Å². The second-order valence-electron chi connectivity index (χ2n) is 6.05. The summed E-state index contributed by atoms with van der Waals surface area (Å²) in [6.45, 7) is 5.85. The maximum Gasteiger partial charge on any atom is 0.0702 e. The second-order valence-corrected chi connectivity index (χ2v) is 6.05. The first-order chi connectivity index (χ1) is 9.24. The molecule has 0 spiro atoms. The second kappa shape index (κ2) is 7.02. The number of hydrogen-bond donors (Lipinski definition) is 1. The number of ether oxygens (including phenoxy) is 2. The number of nitrogens with zero attached hydrogens (tertiary/aromatic N) is 1. The number of nitrogens with two attached hydrogens (primary N) is 1. The highest BCUT2D eigenvalue weighted by Gasteiger charge is 2.42.